The molecular formula is C22H18N2O2. The van der Waals surface area contributed by atoms with Crippen LogP contribution in [0.4, 0.5) is 0 Å². The minimum Gasteiger partial charge on any atom is -0.345 e. The van der Waals surface area contributed by atoms with Gasteiger partial charge in [-0.3, -0.25) is 9.59 Å². The monoisotopic (exact) mass is 342 g/mol. The average Bonchev–Trinajstić information content (AvgIpc) is 2.68. The van der Waals surface area contributed by atoms with E-state index >= 15 is 0 Å². The summed E-state index contributed by atoms with van der Waals surface area (Å²) in [5, 5.41) is 6.50. The van der Waals surface area contributed by atoms with Crippen LogP contribution >= 0.6 is 0 Å². The summed E-state index contributed by atoms with van der Waals surface area (Å²) >= 11 is 0. The number of benzene rings is 3. The highest BCUT2D eigenvalue weighted by Gasteiger charge is 2.15. The van der Waals surface area contributed by atoms with Crippen LogP contribution in [-0.2, 0) is 0 Å². The van der Waals surface area contributed by atoms with Crippen molar-refractivity contribution < 1.29 is 4.79 Å². The fourth-order valence-corrected chi connectivity index (χ4v) is 3.23. The minimum atomic E-state index is -0.210. The third-order valence-electron chi connectivity index (χ3n) is 4.68. The Bertz CT molecular complexity index is 1180. The van der Waals surface area contributed by atoms with E-state index in [-0.39, 0.29) is 17.5 Å². The molecule has 0 spiro atoms. The van der Waals surface area contributed by atoms with Gasteiger partial charge in [0.15, 0.2) is 0 Å². The molecule has 0 radical (unpaired) electrons. The molecule has 0 aliphatic carbocycles. The summed E-state index contributed by atoms with van der Waals surface area (Å²) in [6.07, 6.45) is 1.48. The largest absolute Gasteiger partial charge is 0.345 e. The van der Waals surface area contributed by atoms with Gasteiger partial charge in [0.2, 0.25) is 0 Å². The Morgan fingerprint density at radius 2 is 1.62 bits per heavy atom. The maximum absolute atomic E-state index is 12.8. The zero-order valence-corrected chi connectivity index (χ0v) is 14.3. The number of aromatic nitrogens is 1. The van der Waals surface area contributed by atoms with Gasteiger partial charge in [-0.25, -0.2) is 0 Å². The first-order valence-electron chi connectivity index (χ1n) is 8.53. The van der Waals surface area contributed by atoms with Gasteiger partial charge in [0.25, 0.3) is 11.5 Å². The number of nitrogens with one attached hydrogen (secondary N) is 2. The highest BCUT2D eigenvalue weighted by Crippen LogP contribution is 2.21. The lowest BCUT2D eigenvalue weighted by molar-refractivity contribution is 0.0941. The highest BCUT2D eigenvalue weighted by molar-refractivity contribution is 6.06. The van der Waals surface area contributed by atoms with Crippen LogP contribution in [-0.4, -0.2) is 10.9 Å². The number of carbonyl (C=O) groups excluding carboxylic acids is 1. The van der Waals surface area contributed by atoms with E-state index in [2.05, 4.69) is 34.6 Å². The van der Waals surface area contributed by atoms with Crippen LogP contribution in [0.1, 0.15) is 28.9 Å². The molecule has 1 aromatic heterocycles. The topological polar surface area (TPSA) is 62.0 Å². The third kappa shape index (κ3) is 2.86. The summed E-state index contributed by atoms with van der Waals surface area (Å²) in [7, 11) is 0. The summed E-state index contributed by atoms with van der Waals surface area (Å²) in [5.74, 6) is -0.210. The van der Waals surface area contributed by atoms with Gasteiger partial charge in [-0.05, 0) is 35.4 Å². The van der Waals surface area contributed by atoms with E-state index in [1.165, 1.54) is 11.6 Å². The molecule has 4 heteroatoms. The molecule has 2 N–H and O–H groups in total. The zero-order valence-electron chi connectivity index (χ0n) is 14.3. The number of aromatic amines is 1. The van der Waals surface area contributed by atoms with E-state index in [0.717, 1.165) is 10.9 Å². The molecule has 4 nitrogen and oxygen atoms in total. The lowest BCUT2D eigenvalue weighted by Crippen LogP contribution is -2.27. The molecule has 3 aromatic carbocycles. The number of carbonyl (C=O) groups is 1. The summed E-state index contributed by atoms with van der Waals surface area (Å²) in [6.45, 7) is 1.95. The Labute approximate surface area is 150 Å². The molecule has 4 aromatic rings. The third-order valence-corrected chi connectivity index (χ3v) is 4.68. The second-order valence-corrected chi connectivity index (χ2v) is 6.38. The lowest BCUT2D eigenvalue weighted by Gasteiger charge is -2.16. The first kappa shape index (κ1) is 16.1. The van der Waals surface area contributed by atoms with Crippen LogP contribution in [0.5, 0.6) is 0 Å². The summed E-state index contributed by atoms with van der Waals surface area (Å²) < 4.78 is 0. The smallest absolute Gasteiger partial charge is 0.255 e. The van der Waals surface area contributed by atoms with Crippen molar-refractivity contribution in [2.75, 3.05) is 0 Å². The van der Waals surface area contributed by atoms with E-state index in [4.69, 9.17) is 0 Å². The van der Waals surface area contributed by atoms with Crippen molar-refractivity contribution in [3.63, 3.8) is 0 Å². The normalized spacial score (nSPS) is 12.2. The Morgan fingerprint density at radius 1 is 0.923 bits per heavy atom. The van der Waals surface area contributed by atoms with Crippen molar-refractivity contribution >= 4 is 27.5 Å². The van der Waals surface area contributed by atoms with Gasteiger partial charge in [-0.15, -0.1) is 0 Å². The number of amides is 1. The van der Waals surface area contributed by atoms with E-state index in [1.54, 1.807) is 18.2 Å². The van der Waals surface area contributed by atoms with Crippen LogP contribution in [0.15, 0.2) is 77.7 Å². The van der Waals surface area contributed by atoms with E-state index in [1.807, 2.05) is 31.2 Å². The standard InChI is InChI=1S/C22H18N2O2/c1-14(16-11-10-15-6-2-3-7-17(15)12-16)24-22(26)20-13-23-21(25)19-9-5-4-8-18(19)20/h2-14H,1H3,(H,23,25)(H,24,26). The van der Waals surface area contributed by atoms with Crippen LogP contribution in [0.3, 0.4) is 0 Å². The number of hydrogen-bond donors (Lipinski definition) is 2. The maximum atomic E-state index is 12.8. The quantitative estimate of drug-likeness (QED) is 0.587. The molecule has 4 rings (SSSR count). The predicted molar refractivity (Wildman–Crippen MR) is 104 cm³/mol. The van der Waals surface area contributed by atoms with E-state index in [9.17, 15) is 9.59 Å². The molecule has 0 saturated heterocycles. The van der Waals surface area contributed by atoms with Crippen LogP contribution in [0.2, 0.25) is 0 Å². The van der Waals surface area contributed by atoms with E-state index in [0.29, 0.717) is 16.3 Å². The minimum absolute atomic E-state index is 0.155. The summed E-state index contributed by atoms with van der Waals surface area (Å²) in [6, 6.07) is 21.3. The Hall–Kier alpha value is -3.40. The van der Waals surface area contributed by atoms with Gasteiger partial charge >= 0.3 is 0 Å². The second kappa shape index (κ2) is 6.48. The van der Waals surface area contributed by atoms with Crippen molar-refractivity contribution in [2.45, 2.75) is 13.0 Å². The van der Waals surface area contributed by atoms with Gasteiger partial charge in [0.1, 0.15) is 0 Å². The van der Waals surface area contributed by atoms with Gasteiger partial charge in [0.05, 0.1) is 11.6 Å². The number of hydrogen-bond acceptors (Lipinski definition) is 2. The maximum Gasteiger partial charge on any atom is 0.255 e. The summed E-state index contributed by atoms with van der Waals surface area (Å²) in [5.41, 5.74) is 1.30. The molecular weight excluding hydrogens is 324 g/mol. The highest BCUT2D eigenvalue weighted by atomic mass is 16.2. The SMILES string of the molecule is CC(NC(=O)c1c[nH]c(=O)c2ccccc12)c1ccc2ccccc2c1. The Balaban J connectivity index is 1.65. The molecule has 0 aliphatic rings. The average molecular weight is 342 g/mol. The zero-order chi connectivity index (χ0) is 18.1. The lowest BCUT2D eigenvalue weighted by atomic mass is 10.0. The van der Waals surface area contributed by atoms with Gasteiger partial charge in [-0.1, -0.05) is 54.6 Å². The predicted octanol–water partition coefficient (Wildman–Crippen LogP) is 4.17. The molecule has 128 valence electrons. The molecule has 0 bridgehead atoms. The molecule has 1 unspecified atom stereocenters. The van der Waals surface area contributed by atoms with Crippen molar-refractivity contribution in [3.8, 4) is 0 Å². The number of pyridine rings is 1. The van der Waals surface area contributed by atoms with Gasteiger partial charge < -0.3 is 10.3 Å². The fraction of sp³-hybridized carbons (Fsp3) is 0.0909. The second-order valence-electron chi connectivity index (χ2n) is 6.38. The number of rotatable bonds is 3. The van der Waals surface area contributed by atoms with Crippen molar-refractivity contribution in [1.29, 1.82) is 0 Å². The molecule has 0 saturated carbocycles. The molecule has 1 atom stereocenters. The summed E-state index contributed by atoms with van der Waals surface area (Å²) in [4.78, 5) is 27.4. The first-order chi connectivity index (χ1) is 12.6. The molecule has 1 amide bonds. The number of H-pyrrole nitrogens is 1. The Kier molecular flexibility index (Phi) is 4.01. The van der Waals surface area contributed by atoms with Crippen molar-refractivity contribution in [1.82, 2.24) is 10.3 Å². The Morgan fingerprint density at radius 3 is 2.42 bits per heavy atom. The molecule has 26 heavy (non-hydrogen) atoms. The van der Waals surface area contributed by atoms with Crippen LogP contribution in [0.25, 0.3) is 21.5 Å². The van der Waals surface area contributed by atoms with Crippen LogP contribution in [0, 0.1) is 0 Å². The van der Waals surface area contributed by atoms with Crippen LogP contribution < -0.4 is 10.9 Å². The molecule has 1 heterocycles. The van der Waals surface area contributed by atoms with Gasteiger partial charge in [0, 0.05) is 17.0 Å². The fourth-order valence-electron chi connectivity index (χ4n) is 3.23. The van der Waals surface area contributed by atoms with Crippen molar-refractivity contribution in [3.05, 3.63) is 94.4 Å². The number of fused-ring (bicyclic) bond motifs is 2. The molecule has 0 aliphatic heterocycles. The first-order valence-corrected chi connectivity index (χ1v) is 8.53. The van der Waals surface area contributed by atoms with E-state index < -0.39 is 0 Å². The van der Waals surface area contributed by atoms with Crippen molar-refractivity contribution in [2.24, 2.45) is 0 Å². The van der Waals surface area contributed by atoms with Gasteiger partial charge in [-0.2, -0.15) is 0 Å². The molecule has 0 fully saturated rings.